The van der Waals surface area contributed by atoms with E-state index in [1.165, 1.54) is 0 Å². The highest BCUT2D eigenvalue weighted by Crippen LogP contribution is 2.18. The van der Waals surface area contributed by atoms with E-state index in [-0.39, 0.29) is 11.3 Å². The minimum atomic E-state index is -0.0263. The van der Waals surface area contributed by atoms with E-state index >= 15 is 0 Å². The Bertz CT molecular complexity index is 619. The van der Waals surface area contributed by atoms with Gasteiger partial charge >= 0.3 is 0 Å². The molecule has 0 N–H and O–H groups in total. The number of alkyl halides is 1. The highest BCUT2D eigenvalue weighted by Gasteiger charge is 2.05. The summed E-state index contributed by atoms with van der Waals surface area (Å²) in [6.45, 7) is 1.89. The summed E-state index contributed by atoms with van der Waals surface area (Å²) in [7, 11) is 1.63. The van der Waals surface area contributed by atoms with Gasteiger partial charge in [-0.3, -0.25) is 4.79 Å². The van der Waals surface area contributed by atoms with Crippen molar-refractivity contribution >= 4 is 11.6 Å². The summed E-state index contributed by atoms with van der Waals surface area (Å²) < 4.78 is 7.13. The fraction of sp³-hybridized carbons (Fsp3) is 0.214. The summed E-state index contributed by atoms with van der Waals surface area (Å²) in [6.07, 6.45) is 1.78. The Balaban J connectivity index is 2.59. The predicted molar refractivity (Wildman–Crippen MR) is 72.9 cm³/mol. The van der Waals surface area contributed by atoms with Crippen molar-refractivity contribution in [3.8, 4) is 11.4 Å². The Morgan fingerprint density at radius 1 is 1.33 bits per heavy atom. The van der Waals surface area contributed by atoms with E-state index in [0.717, 1.165) is 17.1 Å². The van der Waals surface area contributed by atoms with Gasteiger partial charge in [-0.1, -0.05) is 6.07 Å². The molecule has 0 bridgehead atoms. The number of hydrogen-bond acceptors (Lipinski definition) is 2. The Kier molecular flexibility index (Phi) is 3.72. The first-order chi connectivity index (χ1) is 8.65. The van der Waals surface area contributed by atoms with Crippen molar-refractivity contribution in [1.29, 1.82) is 0 Å². The van der Waals surface area contributed by atoms with Crippen LogP contribution in [0.25, 0.3) is 5.69 Å². The molecular weight excluding hydrogens is 250 g/mol. The largest absolute Gasteiger partial charge is 0.497 e. The maximum absolute atomic E-state index is 11.7. The van der Waals surface area contributed by atoms with E-state index < -0.39 is 0 Å². The highest BCUT2D eigenvalue weighted by atomic mass is 35.5. The minimum Gasteiger partial charge on any atom is -0.497 e. The van der Waals surface area contributed by atoms with Gasteiger partial charge < -0.3 is 9.30 Å². The molecule has 0 amide bonds. The maximum atomic E-state index is 11.7. The van der Waals surface area contributed by atoms with Crippen molar-refractivity contribution in [2.75, 3.05) is 7.11 Å². The van der Waals surface area contributed by atoms with Gasteiger partial charge in [-0.25, -0.2) is 0 Å². The number of methoxy groups -OCH3 is 1. The number of nitrogens with zero attached hydrogens (tertiary/aromatic N) is 1. The van der Waals surface area contributed by atoms with Crippen molar-refractivity contribution in [1.82, 2.24) is 4.57 Å². The fourth-order valence-corrected chi connectivity index (χ4v) is 2.01. The normalized spacial score (nSPS) is 10.4. The predicted octanol–water partition coefficient (Wildman–Crippen LogP) is 2.89. The van der Waals surface area contributed by atoms with E-state index in [1.807, 2.05) is 35.8 Å². The second-order valence-corrected chi connectivity index (χ2v) is 4.28. The maximum Gasteiger partial charge on any atom is 0.186 e. The second-order valence-electron chi connectivity index (χ2n) is 4.01. The molecule has 2 rings (SSSR count). The van der Waals surface area contributed by atoms with Crippen molar-refractivity contribution in [2.45, 2.75) is 12.8 Å². The van der Waals surface area contributed by atoms with Crippen LogP contribution >= 0.6 is 11.6 Å². The molecule has 2 aromatic rings. The number of hydrogen-bond donors (Lipinski definition) is 0. The lowest BCUT2D eigenvalue weighted by molar-refractivity contribution is 0.414. The molecular formula is C14H14ClNO2. The molecule has 0 aliphatic heterocycles. The number of aromatic nitrogens is 1. The molecule has 18 heavy (non-hydrogen) atoms. The zero-order valence-electron chi connectivity index (χ0n) is 10.3. The first-order valence-corrected chi connectivity index (χ1v) is 6.11. The van der Waals surface area contributed by atoms with Crippen LogP contribution in [0, 0.1) is 6.92 Å². The lowest BCUT2D eigenvalue weighted by Gasteiger charge is -2.13. The molecule has 0 aliphatic carbocycles. The van der Waals surface area contributed by atoms with Crippen molar-refractivity contribution in [2.24, 2.45) is 0 Å². The Morgan fingerprint density at radius 3 is 2.78 bits per heavy atom. The Morgan fingerprint density at radius 2 is 2.11 bits per heavy atom. The van der Waals surface area contributed by atoms with Gasteiger partial charge in [0, 0.05) is 35.3 Å². The second kappa shape index (κ2) is 5.27. The Labute approximate surface area is 111 Å². The lowest BCUT2D eigenvalue weighted by Crippen LogP contribution is -2.13. The number of pyridine rings is 1. The number of aryl methyl sites for hydroxylation is 1. The smallest absolute Gasteiger partial charge is 0.186 e. The summed E-state index contributed by atoms with van der Waals surface area (Å²) in [5, 5.41) is 0. The zero-order chi connectivity index (χ0) is 13.1. The zero-order valence-corrected chi connectivity index (χ0v) is 11.1. The van der Waals surface area contributed by atoms with Gasteiger partial charge in [0.25, 0.3) is 0 Å². The number of halogens is 1. The third-order valence-electron chi connectivity index (χ3n) is 2.80. The number of rotatable bonds is 3. The van der Waals surface area contributed by atoms with Gasteiger partial charge in [0.2, 0.25) is 0 Å². The first kappa shape index (κ1) is 12.7. The van der Waals surface area contributed by atoms with Crippen LogP contribution in [0.4, 0.5) is 0 Å². The molecule has 3 nitrogen and oxygen atoms in total. The van der Waals surface area contributed by atoms with Crippen LogP contribution in [0.1, 0.15) is 11.3 Å². The standard InChI is InChI=1S/C14H14ClNO2/c1-10-6-14(17)11(8-15)9-16(10)12-4-3-5-13(7-12)18-2/h3-7,9H,8H2,1-2H3. The monoisotopic (exact) mass is 263 g/mol. The third kappa shape index (κ3) is 2.41. The molecule has 4 heteroatoms. The van der Waals surface area contributed by atoms with Crippen LogP contribution in [0.3, 0.4) is 0 Å². The molecule has 0 radical (unpaired) electrons. The van der Waals surface area contributed by atoms with Crippen LogP contribution in [-0.2, 0) is 5.88 Å². The molecule has 0 saturated carbocycles. The summed E-state index contributed by atoms with van der Waals surface area (Å²) in [5.74, 6) is 0.987. The van der Waals surface area contributed by atoms with E-state index in [2.05, 4.69) is 0 Å². The average molecular weight is 264 g/mol. The SMILES string of the molecule is COc1cccc(-n2cc(CCl)c(=O)cc2C)c1. The van der Waals surface area contributed by atoms with Gasteiger partial charge in [-0.15, -0.1) is 11.6 Å². The van der Waals surface area contributed by atoms with Crippen molar-refractivity contribution < 1.29 is 4.74 Å². The highest BCUT2D eigenvalue weighted by molar-refractivity contribution is 6.17. The first-order valence-electron chi connectivity index (χ1n) is 5.58. The summed E-state index contributed by atoms with van der Waals surface area (Å²) in [6, 6.07) is 9.25. The molecule has 0 spiro atoms. The van der Waals surface area contributed by atoms with Crippen molar-refractivity contribution in [3.05, 3.63) is 58.0 Å². The number of ether oxygens (including phenoxy) is 1. The van der Waals surface area contributed by atoms with Gasteiger partial charge in [0.15, 0.2) is 5.43 Å². The van der Waals surface area contributed by atoms with E-state index in [1.54, 1.807) is 19.4 Å². The third-order valence-corrected chi connectivity index (χ3v) is 3.08. The van der Waals surface area contributed by atoms with Gasteiger partial charge in [-0.05, 0) is 19.1 Å². The summed E-state index contributed by atoms with van der Waals surface area (Å²) in [4.78, 5) is 11.7. The van der Waals surface area contributed by atoms with E-state index in [9.17, 15) is 4.79 Å². The average Bonchev–Trinajstić information content (AvgIpc) is 2.39. The molecule has 0 unspecified atom stereocenters. The topological polar surface area (TPSA) is 31.2 Å². The van der Waals surface area contributed by atoms with Crippen LogP contribution in [0.5, 0.6) is 5.75 Å². The number of benzene rings is 1. The van der Waals surface area contributed by atoms with E-state index in [4.69, 9.17) is 16.3 Å². The summed E-state index contributed by atoms with van der Waals surface area (Å²) >= 11 is 5.76. The van der Waals surface area contributed by atoms with Gasteiger partial charge in [0.05, 0.1) is 13.0 Å². The van der Waals surface area contributed by atoms with Gasteiger partial charge in [-0.2, -0.15) is 0 Å². The van der Waals surface area contributed by atoms with Crippen LogP contribution in [0.2, 0.25) is 0 Å². The van der Waals surface area contributed by atoms with Crippen LogP contribution in [-0.4, -0.2) is 11.7 Å². The minimum absolute atomic E-state index is 0.0263. The van der Waals surface area contributed by atoms with Crippen molar-refractivity contribution in [3.63, 3.8) is 0 Å². The summed E-state index contributed by atoms with van der Waals surface area (Å²) in [5.41, 5.74) is 2.37. The molecule has 1 aromatic heterocycles. The fourth-order valence-electron chi connectivity index (χ4n) is 1.81. The quantitative estimate of drug-likeness (QED) is 0.798. The molecule has 0 saturated heterocycles. The lowest BCUT2D eigenvalue weighted by atomic mass is 10.2. The molecule has 1 aromatic carbocycles. The molecule has 1 heterocycles. The van der Waals surface area contributed by atoms with Crippen LogP contribution in [0.15, 0.2) is 41.3 Å². The van der Waals surface area contributed by atoms with Gasteiger partial charge in [0.1, 0.15) is 5.75 Å². The molecule has 0 atom stereocenters. The van der Waals surface area contributed by atoms with E-state index in [0.29, 0.717) is 5.56 Å². The molecule has 0 fully saturated rings. The molecule has 0 aliphatic rings. The van der Waals surface area contributed by atoms with Crippen LogP contribution < -0.4 is 10.2 Å². The Hall–Kier alpha value is -1.74. The molecule has 94 valence electrons.